The van der Waals surface area contributed by atoms with E-state index in [0.29, 0.717) is 17.5 Å². The van der Waals surface area contributed by atoms with Crippen molar-refractivity contribution >= 4 is 15.8 Å². The Bertz CT molecular complexity index is 951. The average Bonchev–Trinajstić information content (AvgIpc) is 2.70. The van der Waals surface area contributed by atoms with Gasteiger partial charge >= 0.3 is 5.97 Å². The summed E-state index contributed by atoms with van der Waals surface area (Å²) in [5.74, 6) is -1.43. The molecule has 0 amide bonds. The number of sulfone groups is 1. The van der Waals surface area contributed by atoms with Crippen molar-refractivity contribution in [2.75, 3.05) is 5.75 Å². The first-order valence-electron chi connectivity index (χ1n) is 8.70. The lowest BCUT2D eigenvalue weighted by Gasteiger charge is -2.20. The summed E-state index contributed by atoms with van der Waals surface area (Å²) in [5, 5.41) is 8.07. The van der Waals surface area contributed by atoms with Crippen molar-refractivity contribution in [2.45, 2.75) is 31.6 Å². The predicted octanol–water partition coefficient (Wildman–Crippen LogP) is 3.31. The lowest BCUT2D eigenvalue weighted by molar-refractivity contribution is 0.0171. The molecule has 2 atom stereocenters. The number of hydroxylamine groups is 1. The van der Waals surface area contributed by atoms with E-state index >= 15 is 0 Å². The molecule has 0 aliphatic rings. The molecule has 0 saturated heterocycles. The number of benzene rings is 2. The largest absolute Gasteiger partial charge is 0.366 e. The molecular formula is C20H21FN2O4S. The molecule has 0 bridgehead atoms. The molecule has 0 aromatic heterocycles. The van der Waals surface area contributed by atoms with Gasteiger partial charge < -0.3 is 4.84 Å². The number of nitriles is 1. The summed E-state index contributed by atoms with van der Waals surface area (Å²) in [4.78, 5) is 16.9. The summed E-state index contributed by atoms with van der Waals surface area (Å²) in [6.07, 6.45) is 0.413. The molecular weight excluding hydrogens is 383 g/mol. The third kappa shape index (κ3) is 5.62. The molecule has 2 unspecified atom stereocenters. The highest BCUT2D eigenvalue weighted by atomic mass is 32.2. The standard InChI is InChI=1S/C20H21FN2O4S/c1-3-19(23-27-20(24)17-8-10-18(21)11-9-17)13-28(25,26)14(2)16-6-4-15(12-22)5-7-16/h4-11,14,19,23H,3,13H2,1-2H3. The second-order valence-corrected chi connectivity index (χ2v) is 8.69. The summed E-state index contributed by atoms with van der Waals surface area (Å²) in [6, 6.07) is 12.6. The minimum absolute atomic E-state index is 0.151. The van der Waals surface area contributed by atoms with Gasteiger partial charge in [-0.1, -0.05) is 19.1 Å². The van der Waals surface area contributed by atoms with Crippen LogP contribution in [0.1, 0.15) is 47.0 Å². The maximum Gasteiger partial charge on any atom is 0.356 e. The lowest BCUT2D eigenvalue weighted by Crippen LogP contribution is -2.37. The Balaban J connectivity index is 2.00. The number of nitrogens with one attached hydrogen (secondary N) is 1. The number of carbonyl (C=O) groups excluding carboxylic acids is 1. The number of carbonyl (C=O) groups is 1. The summed E-state index contributed by atoms with van der Waals surface area (Å²) in [5.41, 5.74) is 3.68. The van der Waals surface area contributed by atoms with Gasteiger partial charge in [-0.25, -0.2) is 17.6 Å². The van der Waals surface area contributed by atoms with Gasteiger partial charge in [-0.3, -0.25) is 0 Å². The molecule has 0 spiro atoms. The van der Waals surface area contributed by atoms with E-state index < -0.39 is 32.9 Å². The third-order valence-corrected chi connectivity index (χ3v) is 6.59. The van der Waals surface area contributed by atoms with E-state index in [1.54, 1.807) is 38.1 Å². The van der Waals surface area contributed by atoms with Crippen molar-refractivity contribution in [1.82, 2.24) is 5.48 Å². The van der Waals surface area contributed by atoms with E-state index in [0.717, 1.165) is 12.1 Å². The molecule has 1 N–H and O–H groups in total. The van der Waals surface area contributed by atoms with Crippen molar-refractivity contribution in [1.29, 1.82) is 5.26 Å². The second kappa shape index (κ2) is 9.44. The van der Waals surface area contributed by atoms with Gasteiger partial charge in [0, 0.05) is 0 Å². The number of rotatable bonds is 8. The van der Waals surface area contributed by atoms with E-state index in [-0.39, 0.29) is 11.3 Å². The Kier molecular flexibility index (Phi) is 7.26. The van der Waals surface area contributed by atoms with Gasteiger partial charge in [-0.2, -0.15) is 5.26 Å². The molecule has 2 aromatic carbocycles. The fraction of sp³-hybridized carbons (Fsp3) is 0.300. The van der Waals surface area contributed by atoms with Crippen LogP contribution < -0.4 is 5.48 Å². The van der Waals surface area contributed by atoms with E-state index in [1.807, 2.05) is 6.07 Å². The number of halogens is 1. The Morgan fingerprint density at radius 2 is 1.79 bits per heavy atom. The zero-order valence-electron chi connectivity index (χ0n) is 15.6. The van der Waals surface area contributed by atoms with Gasteiger partial charge in [0.1, 0.15) is 5.82 Å². The molecule has 8 heteroatoms. The first-order valence-corrected chi connectivity index (χ1v) is 10.4. The normalized spacial score (nSPS) is 13.4. The summed E-state index contributed by atoms with van der Waals surface area (Å²) >= 11 is 0. The van der Waals surface area contributed by atoms with Crippen LogP contribution in [0.4, 0.5) is 4.39 Å². The van der Waals surface area contributed by atoms with Crippen LogP contribution in [0.15, 0.2) is 48.5 Å². The first-order chi connectivity index (χ1) is 13.3. The zero-order valence-corrected chi connectivity index (χ0v) is 16.4. The summed E-state index contributed by atoms with van der Waals surface area (Å²) in [6.45, 7) is 3.35. The minimum atomic E-state index is -3.55. The van der Waals surface area contributed by atoms with Gasteiger partial charge in [0.2, 0.25) is 0 Å². The van der Waals surface area contributed by atoms with Crippen LogP contribution in [0, 0.1) is 17.1 Å². The SMILES string of the molecule is CCC(CS(=O)(=O)C(C)c1ccc(C#N)cc1)NOC(=O)c1ccc(F)cc1. The quantitative estimate of drug-likeness (QED) is 0.678. The zero-order chi connectivity index (χ0) is 20.7. The second-order valence-electron chi connectivity index (χ2n) is 6.33. The van der Waals surface area contributed by atoms with Gasteiger partial charge in [-0.15, -0.1) is 5.48 Å². The highest BCUT2D eigenvalue weighted by molar-refractivity contribution is 7.91. The highest BCUT2D eigenvalue weighted by Crippen LogP contribution is 2.24. The predicted molar refractivity (Wildman–Crippen MR) is 102 cm³/mol. The van der Waals surface area contributed by atoms with Crippen LogP contribution in [-0.2, 0) is 14.7 Å². The molecule has 0 aliphatic heterocycles. The fourth-order valence-electron chi connectivity index (χ4n) is 2.48. The summed E-state index contributed by atoms with van der Waals surface area (Å²) < 4.78 is 38.4. The Morgan fingerprint density at radius 3 is 2.32 bits per heavy atom. The van der Waals surface area contributed by atoms with Crippen molar-refractivity contribution in [2.24, 2.45) is 0 Å². The Hall–Kier alpha value is -2.76. The molecule has 0 fully saturated rings. The topological polar surface area (TPSA) is 96.3 Å². The van der Waals surface area contributed by atoms with Crippen LogP contribution in [0.3, 0.4) is 0 Å². The van der Waals surface area contributed by atoms with Gasteiger partial charge in [0.25, 0.3) is 0 Å². The monoisotopic (exact) mass is 404 g/mol. The Labute approximate surface area is 163 Å². The number of nitrogens with zero attached hydrogens (tertiary/aromatic N) is 1. The minimum Gasteiger partial charge on any atom is -0.366 e. The molecule has 2 aromatic rings. The molecule has 6 nitrogen and oxygen atoms in total. The van der Waals surface area contributed by atoms with Crippen molar-refractivity contribution in [3.05, 3.63) is 71.0 Å². The maximum absolute atomic E-state index is 12.9. The van der Waals surface area contributed by atoms with Gasteiger partial charge in [-0.05, 0) is 55.3 Å². The number of hydrogen-bond donors (Lipinski definition) is 1. The maximum atomic E-state index is 12.9. The van der Waals surface area contributed by atoms with E-state index in [2.05, 4.69) is 5.48 Å². The van der Waals surface area contributed by atoms with E-state index in [4.69, 9.17) is 10.1 Å². The van der Waals surface area contributed by atoms with Gasteiger partial charge in [0.05, 0.1) is 34.2 Å². The number of hydrogen-bond acceptors (Lipinski definition) is 6. The van der Waals surface area contributed by atoms with Crippen LogP contribution in [0.25, 0.3) is 0 Å². The van der Waals surface area contributed by atoms with Crippen LogP contribution >= 0.6 is 0 Å². The molecule has 2 rings (SSSR count). The fourth-order valence-corrected chi connectivity index (χ4v) is 4.20. The van der Waals surface area contributed by atoms with E-state index in [9.17, 15) is 17.6 Å². The Morgan fingerprint density at radius 1 is 1.18 bits per heavy atom. The molecule has 0 aliphatic carbocycles. The summed E-state index contributed by atoms with van der Waals surface area (Å²) in [7, 11) is -3.55. The molecule has 0 radical (unpaired) electrons. The van der Waals surface area contributed by atoms with Crippen LogP contribution in [-0.4, -0.2) is 26.2 Å². The van der Waals surface area contributed by atoms with Crippen LogP contribution in [0.2, 0.25) is 0 Å². The lowest BCUT2D eigenvalue weighted by atomic mass is 10.1. The molecule has 0 saturated carbocycles. The molecule has 28 heavy (non-hydrogen) atoms. The first kappa shape index (κ1) is 21.5. The molecule has 148 valence electrons. The third-order valence-electron chi connectivity index (χ3n) is 4.37. The van der Waals surface area contributed by atoms with Crippen molar-refractivity contribution in [3.63, 3.8) is 0 Å². The van der Waals surface area contributed by atoms with Crippen LogP contribution in [0.5, 0.6) is 0 Å². The molecule has 0 heterocycles. The van der Waals surface area contributed by atoms with Gasteiger partial charge in [0.15, 0.2) is 9.84 Å². The van der Waals surface area contributed by atoms with E-state index in [1.165, 1.54) is 12.1 Å². The van der Waals surface area contributed by atoms with Crippen molar-refractivity contribution < 1.29 is 22.4 Å². The highest BCUT2D eigenvalue weighted by Gasteiger charge is 2.27. The average molecular weight is 404 g/mol. The van der Waals surface area contributed by atoms with Crippen molar-refractivity contribution in [3.8, 4) is 6.07 Å². The smallest absolute Gasteiger partial charge is 0.356 e.